The molecule has 1 aliphatic heterocycles. The number of aryl methyl sites for hydroxylation is 1. The Morgan fingerprint density at radius 3 is 2.23 bits per heavy atom. The fourth-order valence-electron chi connectivity index (χ4n) is 5.95. The summed E-state index contributed by atoms with van der Waals surface area (Å²) in [6.45, 7) is 18.0. The number of nitrogens with one attached hydrogen (secondary N) is 2. The SMILES string of the molecule is CN[C@H](C(=O)N[C@H](C(=O)N(C)[C@H](C=C(C)C(=O)N1CCC[C@H]1C(=O)OC)C(C)C)C(C)(C)C)C(C)(C)c1cccc(C)c1. The maximum atomic E-state index is 14.1. The number of likely N-dealkylation sites (tertiary alicyclic amines) is 1. The van der Waals surface area contributed by atoms with Crippen LogP contribution in [0.2, 0.25) is 0 Å². The van der Waals surface area contributed by atoms with E-state index in [1.165, 1.54) is 7.11 Å². The predicted molar refractivity (Wildman–Crippen MR) is 170 cm³/mol. The summed E-state index contributed by atoms with van der Waals surface area (Å²) in [7, 11) is 4.80. The van der Waals surface area contributed by atoms with Gasteiger partial charge in [-0.1, -0.05) is 84.4 Å². The Labute approximate surface area is 258 Å². The van der Waals surface area contributed by atoms with Crippen molar-refractivity contribution in [2.75, 3.05) is 27.7 Å². The van der Waals surface area contributed by atoms with Crippen molar-refractivity contribution >= 4 is 23.7 Å². The van der Waals surface area contributed by atoms with E-state index in [1.54, 1.807) is 36.9 Å². The third-order valence-electron chi connectivity index (χ3n) is 8.66. The van der Waals surface area contributed by atoms with Crippen molar-refractivity contribution in [3.63, 3.8) is 0 Å². The lowest BCUT2D eigenvalue weighted by Gasteiger charge is -2.40. The van der Waals surface area contributed by atoms with Crippen molar-refractivity contribution in [1.29, 1.82) is 0 Å². The summed E-state index contributed by atoms with van der Waals surface area (Å²) in [6.07, 6.45) is 3.10. The minimum Gasteiger partial charge on any atom is -0.467 e. The highest BCUT2D eigenvalue weighted by atomic mass is 16.5. The summed E-state index contributed by atoms with van der Waals surface area (Å²) in [4.78, 5) is 56.8. The second kappa shape index (κ2) is 14.5. The normalized spacial score (nSPS) is 18.2. The molecule has 9 heteroatoms. The van der Waals surface area contributed by atoms with Gasteiger partial charge in [0.15, 0.2) is 0 Å². The van der Waals surface area contributed by atoms with Crippen LogP contribution in [0.5, 0.6) is 0 Å². The van der Waals surface area contributed by atoms with Crippen LogP contribution in [-0.4, -0.2) is 85.4 Å². The lowest BCUT2D eigenvalue weighted by atomic mass is 9.76. The Hall–Kier alpha value is -3.20. The van der Waals surface area contributed by atoms with E-state index in [0.717, 1.165) is 17.5 Å². The van der Waals surface area contributed by atoms with Gasteiger partial charge in [0.05, 0.1) is 19.2 Å². The Morgan fingerprint density at radius 1 is 1.09 bits per heavy atom. The van der Waals surface area contributed by atoms with Crippen LogP contribution in [0.15, 0.2) is 35.9 Å². The number of carbonyl (C=O) groups is 4. The molecule has 1 fully saturated rings. The number of hydrogen-bond acceptors (Lipinski definition) is 6. The number of rotatable bonds is 11. The zero-order valence-corrected chi connectivity index (χ0v) is 28.3. The maximum Gasteiger partial charge on any atom is 0.328 e. The average Bonchev–Trinajstić information content (AvgIpc) is 3.42. The first-order chi connectivity index (χ1) is 19.9. The number of hydrogen-bond donors (Lipinski definition) is 2. The Morgan fingerprint density at radius 2 is 1.72 bits per heavy atom. The van der Waals surface area contributed by atoms with Crippen LogP contribution in [0.4, 0.5) is 0 Å². The molecule has 1 aromatic carbocycles. The van der Waals surface area contributed by atoms with Crippen molar-refractivity contribution in [3.8, 4) is 0 Å². The Kier molecular flexibility index (Phi) is 12.2. The molecular weight excluding hydrogens is 544 g/mol. The molecule has 1 aromatic rings. The lowest BCUT2D eigenvalue weighted by molar-refractivity contribution is -0.149. The van der Waals surface area contributed by atoms with E-state index < -0.39 is 41.0 Å². The van der Waals surface area contributed by atoms with E-state index in [0.29, 0.717) is 18.5 Å². The van der Waals surface area contributed by atoms with Crippen molar-refractivity contribution in [2.24, 2.45) is 11.3 Å². The van der Waals surface area contributed by atoms with Gasteiger partial charge in [0.1, 0.15) is 12.1 Å². The average molecular weight is 599 g/mol. The number of benzene rings is 1. The second-order valence-electron chi connectivity index (χ2n) is 13.8. The molecule has 9 nitrogen and oxygen atoms in total. The minimum absolute atomic E-state index is 0.0201. The third-order valence-corrected chi connectivity index (χ3v) is 8.66. The summed E-state index contributed by atoms with van der Waals surface area (Å²) in [5.74, 6) is -1.18. The van der Waals surface area contributed by atoms with E-state index >= 15 is 0 Å². The highest BCUT2D eigenvalue weighted by molar-refractivity contribution is 5.96. The van der Waals surface area contributed by atoms with Crippen LogP contribution in [0.25, 0.3) is 0 Å². The smallest absolute Gasteiger partial charge is 0.328 e. The standard InChI is InChI=1S/C34H54N4O5/c1-21(2)26(20-23(4)30(40)38-18-14-17-25(38)32(42)43-12)37(11)31(41)28(33(5,6)7)36-29(39)27(35-10)34(8,9)24-16-13-15-22(3)19-24/h13,15-16,19-21,25-28,35H,14,17-18H2,1-12H3,(H,36,39)/t25-,26+,27+,28+/m0/s1. The van der Waals surface area contributed by atoms with Gasteiger partial charge in [-0.05, 0) is 50.6 Å². The molecule has 0 aliphatic carbocycles. The quantitative estimate of drug-likeness (QED) is 0.295. The molecule has 0 bridgehead atoms. The molecule has 0 unspecified atom stereocenters. The van der Waals surface area contributed by atoms with Crippen LogP contribution < -0.4 is 10.6 Å². The highest BCUT2D eigenvalue weighted by Crippen LogP contribution is 2.30. The van der Waals surface area contributed by atoms with Gasteiger partial charge in [-0.3, -0.25) is 14.4 Å². The van der Waals surface area contributed by atoms with E-state index in [9.17, 15) is 19.2 Å². The van der Waals surface area contributed by atoms with E-state index in [-0.39, 0.29) is 23.6 Å². The summed E-state index contributed by atoms with van der Waals surface area (Å²) < 4.78 is 4.91. The summed E-state index contributed by atoms with van der Waals surface area (Å²) in [5, 5.41) is 6.26. The number of amides is 3. The second-order valence-corrected chi connectivity index (χ2v) is 13.8. The molecule has 43 heavy (non-hydrogen) atoms. The largest absolute Gasteiger partial charge is 0.467 e. The monoisotopic (exact) mass is 598 g/mol. The molecule has 1 aliphatic rings. The number of methoxy groups -OCH3 is 1. The van der Waals surface area contributed by atoms with E-state index in [2.05, 4.69) is 16.7 Å². The topological polar surface area (TPSA) is 108 Å². The molecule has 1 saturated heterocycles. The van der Waals surface area contributed by atoms with Gasteiger partial charge < -0.3 is 25.2 Å². The lowest BCUT2D eigenvalue weighted by Crippen LogP contribution is -2.61. The van der Waals surface area contributed by atoms with Crippen molar-refractivity contribution in [1.82, 2.24) is 20.4 Å². The third kappa shape index (κ3) is 8.46. The molecule has 3 amide bonds. The van der Waals surface area contributed by atoms with Crippen LogP contribution in [-0.2, 0) is 29.3 Å². The first-order valence-electron chi connectivity index (χ1n) is 15.3. The van der Waals surface area contributed by atoms with Gasteiger partial charge in [0, 0.05) is 24.6 Å². The number of esters is 1. The van der Waals surface area contributed by atoms with E-state index in [4.69, 9.17) is 4.74 Å². The molecule has 1 heterocycles. The van der Waals surface area contributed by atoms with Gasteiger partial charge in [-0.2, -0.15) is 0 Å². The fraction of sp³-hybridized carbons (Fsp3) is 0.647. The first kappa shape index (κ1) is 36.0. The Bertz CT molecular complexity index is 1200. The van der Waals surface area contributed by atoms with E-state index in [1.807, 2.05) is 73.6 Å². The van der Waals surface area contributed by atoms with Crippen molar-refractivity contribution < 1.29 is 23.9 Å². The van der Waals surface area contributed by atoms with Gasteiger partial charge >= 0.3 is 5.97 Å². The molecule has 0 radical (unpaired) electrons. The number of carbonyl (C=O) groups excluding carboxylic acids is 4. The molecule has 2 N–H and O–H groups in total. The van der Waals surface area contributed by atoms with Crippen LogP contribution in [0, 0.1) is 18.3 Å². The van der Waals surface area contributed by atoms with Crippen molar-refractivity contribution in [2.45, 2.75) is 105 Å². The summed E-state index contributed by atoms with van der Waals surface area (Å²) in [6, 6.07) is 5.68. The number of likely N-dealkylation sites (N-methyl/N-ethyl adjacent to an activating group) is 2. The zero-order chi connectivity index (χ0) is 32.9. The maximum absolute atomic E-state index is 14.1. The predicted octanol–water partition coefficient (Wildman–Crippen LogP) is 3.98. The molecular formula is C34H54N4O5. The van der Waals surface area contributed by atoms with Crippen molar-refractivity contribution in [3.05, 3.63) is 47.0 Å². The van der Waals surface area contributed by atoms with Gasteiger partial charge in [0.2, 0.25) is 17.7 Å². The summed E-state index contributed by atoms with van der Waals surface area (Å²) >= 11 is 0. The van der Waals surface area contributed by atoms with Gasteiger partial charge in [-0.25, -0.2) is 4.79 Å². The fourth-order valence-corrected chi connectivity index (χ4v) is 5.95. The summed E-state index contributed by atoms with van der Waals surface area (Å²) in [5.41, 5.74) is 1.44. The van der Waals surface area contributed by atoms with Gasteiger partial charge in [0.25, 0.3) is 0 Å². The van der Waals surface area contributed by atoms with Crippen LogP contribution in [0.1, 0.15) is 79.4 Å². The molecule has 0 aromatic heterocycles. The Balaban J connectivity index is 2.35. The molecule has 4 atom stereocenters. The molecule has 2 rings (SSSR count). The van der Waals surface area contributed by atoms with Crippen LogP contribution >= 0.6 is 0 Å². The molecule has 0 saturated carbocycles. The number of nitrogens with zero attached hydrogens (tertiary/aromatic N) is 2. The number of ether oxygens (including phenoxy) is 1. The first-order valence-corrected chi connectivity index (χ1v) is 15.3. The molecule has 240 valence electrons. The van der Waals surface area contributed by atoms with Gasteiger partial charge in [-0.15, -0.1) is 0 Å². The highest BCUT2D eigenvalue weighted by Gasteiger charge is 2.42. The van der Waals surface area contributed by atoms with Crippen LogP contribution in [0.3, 0.4) is 0 Å². The zero-order valence-electron chi connectivity index (χ0n) is 28.3. The molecule has 0 spiro atoms. The minimum atomic E-state index is -0.817.